The number of ether oxygens (including phenoxy) is 1. The summed E-state index contributed by atoms with van der Waals surface area (Å²) >= 11 is 0. The Morgan fingerprint density at radius 3 is 2.33 bits per heavy atom. The third-order valence-electron chi connectivity index (χ3n) is 5.50. The largest absolute Gasteiger partial charge is 0.440 e. The predicted molar refractivity (Wildman–Crippen MR) is 108 cm³/mol. The number of amides is 1. The number of carbonyl (C=O) groups excluding carboxylic acids is 2. The van der Waals surface area contributed by atoms with E-state index in [9.17, 15) is 9.59 Å². The summed E-state index contributed by atoms with van der Waals surface area (Å²) < 4.78 is 5.66. The lowest BCUT2D eigenvalue weighted by molar-refractivity contribution is -0.146. The van der Waals surface area contributed by atoms with Crippen LogP contribution in [0.2, 0.25) is 0 Å². The van der Waals surface area contributed by atoms with Crippen LogP contribution < -0.4 is 0 Å². The number of esters is 1. The summed E-state index contributed by atoms with van der Waals surface area (Å²) in [6, 6.07) is 9.32. The van der Waals surface area contributed by atoms with Gasteiger partial charge in [-0.1, -0.05) is 89.1 Å². The standard InChI is InChI=1S/C23H35NO3/c1-4-5-6-7-8-9-11-14-18(2)22-24(19(3)25)21(23(26)27-22)17-20-15-12-10-13-16-20/h10,12-13,15-16,18,21-22H,4-9,11,14,17H2,1-3H3/t18?,21-,22?/m0/s1. The topological polar surface area (TPSA) is 46.6 Å². The van der Waals surface area contributed by atoms with Crippen molar-refractivity contribution in [3.8, 4) is 0 Å². The molecule has 27 heavy (non-hydrogen) atoms. The lowest BCUT2D eigenvalue weighted by Crippen LogP contribution is -2.45. The molecule has 150 valence electrons. The summed E-state index contributed by atoms with van der Waals surface area (Å²) in [5.74, 6) is -0.196. The summed E-state index contributed by atoms with van der Waals surface area (Å²) in [5.41, 5.74) is 1.05. The Kier molecular flexibility index (Phi) is 8.83. The molecule has 3 atom stereocenters. The van der Waals surface area contributed by atoms with E-state index in [0.29, 0.717) is 6.42 Å². The third-order valence-corrected chi connectivity index (χ3v) is 5.50. The van der Waals surface area contributed by atoms with Gasteiger partial charge in [0.1, 0.15) is 6.04 Å². The molecule has 0 aromatic heterocycles. The van der Waals surface area contributed by atoms with Crippen LogP contribution in [-0.4, -0.2) is 29.0 Å². The first kappa shape index (κ1) is 21.5. The van der Waals surface area contributed by atoms with Crippen molar-refractivity contribution in [1.82, 2.24) is 4.90 Å². The van der Waals surface area contributed by atoms with Crippen molar-refractivity contribution in [1.29, 1.82) is 0 Å². The van der Waals surface area contributed by atoms with Gasteiger partial charge in [0.05, 0.1) is 0 Å². The Labute approximate surface area is 164 Å². The molecule has 1 aliphatic rings. The van der Waals surface area contributed by atoms with Crippen molar-refractivity contribution in [2.45, 2.75) is 90.8 Å². The maximum Gasteiger partial charge on any atom is 0.331 e. The minimum Gasteiger partial charge on any atom is -0.440 e. The Morgan fingerprint density at radius 1 is 1.07 bits per heavy atom. The van der Waals surface area contributed by atoms with Crippen molar-refractivity contribution >= 4 is 11.9 Å². The second-order valence-electron chi connectivity index (χ2n) is 7.85. The quantitative estimate of drug-likeness (QED) is 0.400. The lowest BCUT2D eigenvalue weighted by atomic mass is 9.98. The molecule has 0 aliphatic carbocycles. The molecular formula is C23H35NO3. The molecule has 2 rings (SSSR count). The van der Waals surface area contributed by atoms with Gasteiger partial charge in [-0.2, -0.15) is 0 Å². The van der Waals surface area contributed by atoms with E-state index in [1.807, 2.05) is 30.3 Å². The maximum atomic E-state index is 12.5. The van der Waals surface area contributed by atoms with Crippen molar-refractivity contribution in [3.05, 3.63) is 35.9 Å². The third kappa shape index (κ3) is 6.37. The molecule has 4 heteroatoms. The SMILES string of the molecule is CCCCCCCCCC(C)C1OC(=O)[C@H](Cc2ccccc2)N1C(C)=O. The minimum absolute atomic E-state index is 0.0850. The van der Waals surface area contributed by atoms with Crippen LogP contribution in [-0.2, 0) is 20.7 Å². The number of benzene rings is 1. The highest BCUT2D eigenvalue weighted by atomic mass is 16.6. The zero-order valence-electron chi connectivity index (χ0n) is 17.2. The van der Waals surface area contributed by atoms with E-state index in [2.05, 4.69) is 13.8 Å². The van der Waals surface area contributed by atoms with Gasteiger partial charge in [-0.05, 0) is 12.0 Å². The molecule has 0 saturated carbocycles. The summed E-state index contributed by atoms with van der Waals surface area (Å²) in [7, 11) is 0. The molecule has 4 nitrogen and oxygen atoms in total. The van der Waals surface area contributed by atoms with Gasteiger partial charge in [0.2, 0.25) is 5.91 Å². The van der Waals surface area contributed by atoms with Crippen LogP contribution in [0.3, 0.4) is 0 Å². The molecule has 1 aliphatic heterocycles. The molecule has 1 amide bonds. The molecule has 1 aromatic carbocycles. The van der Waals surface area contributed by atoms with Crippen LogP contribution in [0.1, 0.15) is 77.7 Å². The first-order valence-corrected chi connectivity index (χ1v) is 10.6. The first-order chi connectivity index (χ1) is 13.0. The fraction of sp³-hybridized carbons (Fsp3) is 0.652. The zero-order valence-corrected chi connectivity index (χ0v) is 17.2. The number of hydrogen-bond acceptors (Lipinski definition) is 3. The van der Waals surface area contributed by atoms with E-state index < -0.39 is 12.3 Å². The molecule has 1 aromatic rings. The van der Waals surface area contributed by atoms with E-state index >= 15 is 0 Å². The molecule has 0 spiro atoms. The number of hydrogen-bond donors (Lipinski definition) is 0. The van der Waals surface area contributed by atoms with E-state index in [1.165, 1.54) is 45.4 Å². The monoisotopic (exact) mass is 373 g/mol. The summed E-state index contributed by atoms with van der Waals surface area (Å²) in [6.07, 6.45) is 9.89. The average Bonchev–Trinajstić information content (AvgIpc) is 2.98. The van der Waals surface area contributed by atoms with Gasteiger partial charge in [0.15, 0.2) is 6.23 Å². The van der Waals surface area contributed by atoms with Gasteiger partial charge in [0, 0.05) is 19.3 Å². The smallest absolute Gasteiger partial charge is 0.331 e. The summed E-state index contributed by atoms with van der Waals surface area (Å²) in [4.78, 5) is 26.4. The molecule has 2 unspecified atom stereocenters. The number of unbranched alkanes of at least 4 members (excludes halogenated alkanes) is 6. The van der Waals surface area contributed by atoms with Crippen molar-refractivity contribution in [3.63, 3.8) is 0 Å². The first-order valence-electron chi connectivity index (χ1n) is 10.6. The van der Waals surface area contributed by atoms with Gasteiger partial charge in [0.25, 0.3) is 0 Å². The molecule has 0 N–H and O–H groups in total. The van der Waals surface area contributed by atoms with Gasteiger partial charge in [-0.25, -0.2) is 4.79 Å². The Bertz CT molecular complexity index is 587. The Hall–Kier alpha value is -1.84. The molecule has 0 bridgehead atoms. The molecule has 1 fully saturated rings. The summed E-state index contributed by atoms with van der Waals surface area (Å²) in [5, 5.41) is 0. The number of cyclic esters (lactones) is 1. The van der Waals surface area contributed by atoms with Gasteiger partial charge >= 0.3 is 5.97 Å². The van der Waals surface area contributed by atoms with Crippen molar-refractivity contribution in [2.75, 3.05) is 0 Å². The number of nitrogens with zero attached hydrogens (tertiary/aromatic N) is 1. The fourth-order valence-corrected chi connectivity index (χ4v) is 3.92. The van der Waals surface area contributed by atoms with Crippen LogP contribution in [0.25, 0.3) is 0 Å². The Balaban J connectivity index is 1.87. The second-order valence-corrected chi connectivity index (χ2v) is 7.85. The fourth-order valence-electron chi connectivity index (χ4n) is 3.92. The van der Waals surface area contributed by atoms with Crippen molar-refractivity contribution < 1.29 is 14.3 Å². The lowest BCUT2D eigenvalue weighted by Gasteiger charge is -2.29. The normalized spacial score (nSPS) is 20.6. The van der Waals surface area contributed by atoms with E-state index in [0.717, 1.165) is 18.4 Å². The van der Waals surface area contributed by atoms with Gasteiger partial charge in [-0.15, -0.1) is 0 Å². The van der Waals surface area contributed by atoms with Crippen LogP contribution >= 0.6 is 0 Å². The minimum atomic E-state index is -0.508. The highest BCUT2D eigenvalue weighted by Gasteiger charge is 2.45. The molecule has 1 heterocycles. The molecular weight excluding hydrogens is 338 g/mol. The van der Waals surface area contributed by atoms with E-state index in [1.54, 1.807) is 4.90 Å². The summed E-state index contributed by atoms with van der Waals surface area (Å²) in [6.45, 7) is 5.86. The van der Waals surface area contributed by atoms with Crippen molar-refractivity contribution in [2.24, 2.45) is 5.92 Å². The Morgan fingerprint density at radius 2 is 1.70 bits per heavy atom. The highest BCUT2D eigenvalue weighted by Crippen LogP contribution is 2.29. The molecule has 0 radical (unpaired) electrons. The van der Waals surface area contributed by atoms with Crippen LogP contribution in [0.15, 0.2) is 30.3 Å². The predicted octanol–water partition coefficient (Wildman–Crippen LogP) is 5.11. The number of carbonyl (C=O) groups is 2. The highest BCUT2D eigenvalue weighted by molar-refractivity contribution is 5.86. The maximum absolute atomic E-state index is 12.5. The van der Waals surface area contributed by atoms with Crippen LogP contribution in [0, 0.1) is 5.92 Å². The van der Waals surface area contributed by atoms with Gasteiger partial charge in [-0.3, -0.25) is 9.69 Å². The molecule has 1 saturated heterocycles. The van der Waals surface area contributed by atoms with E-state index in [-0.39, 0.29) is 17.8 Å². The van der Waals surface area contributed by atoms with E-state index in [4.69, 9.17) is 4.74 Å². The van der Waals surface area contributed by atoms with Crippen LogP contribution in [0.5, 0.6) is 0 Å². The van der Waals surface area contributed by atoms with Crippen LogP contribution in [0.4, 0.5) is 0 Å². The zero-order chi connectivity index (χ0) is 19.6. The second kappa shape index (κ2) is 11.1. The number of rotatable bonds is 11. The van der Waals surface area contributed by atoms with Gasteiger partial charge < -0.3 is 4.74 Å². The average molecular weight is 374 g/mol.